The molecular weight excluding hydrogens is 290 g/mol. The molecule has 1 saturated carbocycles. The van der Waals surface area contributed by atoms with E-state index in [9.17, 15) is 4.79 Å². The van der Waals surface area contributed by atoms with Gasteiger partial charge in [0.25, 0.3) is 0 Å². The molecular formula is C18H27N3O2. The van der Waals surface area contributed by atoms with Gasteiger partial charge in [-0.2, -0.15) is 4.98 Å². The summed E-state index contributed by atoms with van der Waals surface area (Å²) in [6.45, 7) is 3.47. The number of aromatic nitrogens is 2. The predicted molar refractivity (Wildman–Crippen MR) is 88.2 cm³/mol. The van der Waals surface area contributed by atoms with E-state index in [2.05, 4.69) is 9.97 Å². The Morgan fingerprint density at radius 1 is 1.22 bits per heavy atom. The number of ether oxygens (including phenoxy) is 1. The van der Waals surface area contributed by atoms with E-state index in [-0.39, 0.29) is 6.10 Å². The number of carbonyl (C=O) groups excluding carboxylic acids is 1. The summed E-state index contributed by atoms with van der Waals surface area (Å²) < 4.78 is 5.93. The van der Waals surface area contributed by atoms with Crippen LogP contribution >= 0.6 is 0 Å². The molecule has 0 radical (unpaired) electrons. The van der Waals surface area contributed by atoms with E-state index >= 15 is 0 Å². The molecule has 2 fully saturated rings. The van der Waals surface area contributed by atoms with Crippen molar-refractivity contribution in [3.8, 4) is 5.88 Å². The first kappa shape index (κ1) is 16.2. The third kappa shape index (κ3) is 4.66. The quantitative estimate of drug-likeness (QED) is 0.856. The summed E-state index contributed by atoms with van der Waals surface area (Å²) in [5.74, 6) is 2.33. The van der Waals surface area contributed by atoms with E-state index in [1.165, 1.54) is 32.1 Å². The topological polar surface area (TPSA) is 55.3 Å². The minimum atomic E-state index is 0.156. The Hall–Kier alpha value is -1.65. The van der Waals surface area contributed by atoms with Crippen molar-refractivity contribution < 1.29 is 9.53 Å². The van der Waals surface area contributed by atoms with E-state index in [1.807, 2.05) is 11.8 Å². The van der Waals surface area contributed by atoms with E-state index < -0.39 is 0 Å². The van der Waals surface area contributed by atoms with E-state index in [0.717, 1.165) is 38.2 Å². The zero-order valence-electron chi connectivity index (χ0n) is 14.0. The van der Waals surface area contributed by atoms with E-state index in [4.69, 9.17) is 4.74 Å². The number of nitrogens with zero attached hydrogens (tertiary/aromatic N) is 3. The van der Waals surface area contributed by atoms with Crippen molar-refractivity contribution in [1.29, 1.82) is 0 Å². The summed E-state index contributed by atoms with van der Waals surface area (Å²) in [6, 6.07) is 1.80. The third-order valence-electron chi connectivity index (χ3n) is 5.02. The number of amides is 1. The number of aryl methyl sites for hydroxylation is 1. The predicted octanol–water partition coefficient (Wildman–Crippen LogP) is 3.13. The smallest absolute Gasteiger partial charge is 0.222 e. The zero-order valence-corrected chi connectivity index (χ0v) is 14.0. The lowest BCUT2D eigenvalue weighted by atomic mass is 9.86. The van der Waals surface area contributed by atoms with Crippen LogP contribution in [0.15, 0.2) is 12.3 Å². The van der Waals surface area contributed by atoms with Crippen molar-refractivity contribution in [2.24, 2.45) is 5.92 Å². The number of hydrogen-bond acceptors (Lipinski definition) is 4. The van der Waals surface area contributed by atoms with Crippen molar-refractivity contribution in [3.63, 3.8) is 0 Å². The molecule has 2 heterocycles. The first-order valence-electron chi connectivity index (χ1n) is 8.95. The van der Waals surface area contributed by atoms with Crippen LogP contribution in [0.5, 0.6) is 5.88 Å². The van der Waals surface area contributed by atoms with Crippen LogP contribution in [0.4, 0.5) is 0 Å². The molecule has 23 heavy (non-hydrogen) atoms. The van der Waals surface area contributed by atoms with Gasteiger partial charge >= 0.3 is 0 Å². The molecule has 0 spiro atoms. The van der Waals surface area contributed by atoms with Gasteiger partial charge < -0.3 is 9.64 Å². The molecule has 0 N–H and O–H groups in total. The number of likely N-dealkylation sites (tertiary alicyclic amines) is 1. The lowest BCUT2D eigenvalue weighted by molar-refractivity contribution is -0.134. The van der Waals surface area contributed by atoms with Crippen LogP contribution in [0.25, 0.3) is 0 Å². The molecule has 0 unspecified atom stereocenters. The van der Waals surface area contributed by atoms with Crippen molar-refractivity contribution in [2.45, 2.75) is 64.4 Å². The van der Waals surface area contributed by atoms with Crippen LogP contribution in [0, 0.1) is 12.8 Å². The van der Waals surface area contributed by atoms with E-state index in [1.54, 1.807) is 12.3 Å². The fourth-order valence-corrected chi connectivity index (χ4v) is 3.66. The first-order valence-corrected chi connectivity index (χ1v) is 8.95. The highest BCUT2D eigenvalue weighted by molar-refractivity contribution is 5.76. The molecule has 126 valence electrons. The molecule has 3 rings (SSSR count). The molecule has 2 aliphatic rings. The van der Waals surface area contributed by atoms with Crippen LogP contribution in [0.2, 0.25) is 0 Å². The molecule has 1 amide bonds. The molecule has 5 heteroatoms. The highest BCUT2D eigenvalue weighted by Crippen LogP contribution is 2.27. The fraction of sp³-hybridized carbons (Fsp3) is 0.722. The molecule has 1 aromatic heterocycles. The SMILES string of the molecule is Cc1nccc(OC2CCN(C(=O)CC3CCCCC3)CC2)n1. The minimum absolute atomic E-state index is 0.156. The summed E-state index contributed by atoms with van der Waals surface area (Å²) in [6.07, 6.45) is 10.8. The van der Waals surface area contributed by atoms with Gasteiger partial charge in [-0.3, -0.25) is 4.79 Å². The van der Waals surface area contributed by atoms with Gasteiger partial charge in [0.1, 0.15) is 11.9 Å². The number of hydrogen-bond donors (Lipinski definition) is 0. The standard InChI is InChI=1S/C18H27N3O2/c1-14-19-10-7-17(20-14)23-16-8-11-21(12-9-16)18(22)13-15-5-3-2-4-6-15/h7,10,15-16H,2-6,8-9,11-13H2,1H3. The second kappa shape index (κ2) is 7.75. The average Bonchev–Trinajstić information content (AvgIpc) is 2.56. The van der Waals surface area contributed by atoms with E-state index in [0.29, 0.717) is 17.7 Å². The van der Waals surface area contributed by atoms with Gasteiger partial charge in [0.2, 0.25) is 11.8 Å². The van der Waals surface area contributed by atoms with Gasteiger partial charge in [0, 0.05) is 44.6 Å². The molecule has 1 aliphatic carbocycles. The molecule has 0 bridgehead atoms. The Morgan fingerprint density at radius 3 is 2.65 bits per heavy atom. The molecule has 1 saturated heterocycles. The highest BCUT2D eigenvalue weighted by Gasteiger charge is 2.26. The number of piperidine rings is 1. The lowest BCUT2D eigenvalue weighted by Gasteiger charge is -2.33. The second-order valence-corrected chi connectivity index (χ2v) is 6.85. The first-order chi connectivity index (χ1) is 11.2. The summed E-state index contributed by atoms with van der Waals surface area (Å²) in [5.41, 5.74) is 0. The molecule has 1 aromatic rings. The Bertz CT molecular complexity index is 521. The average molecular weight is 317 g/mol. The maximum Gasteiger partial charge on any atom is 0.222 e. The summed E-state index contributed by atoms with van der Waals surface area (Å²) in [4.78, 5) is 22.8. The van der Waals surface area contributed by atoms with Crippen LogP contribution < -0.4 is 4.74 Å². The maximum atomic E-state index is 12.4. The van der Waals surface area contributed by atoms with Crippen molar-refractivity contribution >= 4 is 5.91 Å². The van der Waals surface area contributed by atoms with Crippen molar-refractivity contribution in [1.82, 2.24) is 14.9 Å². The lowest BCUT2D eigenvalue weighted by Crippen LogP contribution is -2.42. The Morgan fingerprint density at radius 2 is 1.96 bits per heavy atom. The van der Waals surface area contributed by atoms with Gasteiger partial charge in [-0.05, 0) is 25.7 Å². The van der Waals surface area contributed by atoms with Crippen LogP contribution in [0.3, 0.4) is 0 Å². The Kier molecular flexibility index (Phi) is 5.47. The third-order valence-corrected chi connectivity index (χ3v) is 5.02. The van der Waals surface area contributed by atoms with Gasteiger partial charge in [0.05, 0.1) is 0 Å². The minimum Gasteiger partial charge on any atom is -0.474 e. The van der Waals surface area contributed by atoms with Gasteiger partial charge in [-0.15, -0.1) is 0 Å². The fourth-order valence-electron chi connectivity index (χ4n) is 3.66. The van der Waals surface area contributed by atoms with Crippen LogP contribution in [0.1, 0.15) is 57.2 Å². The molecule has 0 aromatic carbocycles. The molecule has 1 aliphatic heterocycles. The second-order valence-electron chi connectivity index (χ2n) is 6.85. The number of rotatable bonds is 4. The Labute approximate surface area is 138 Å². The van der Waals surface area contributed by atoms with Crippen molar-refractivity contribution in [2.75, 3.05) is 13.1 Å². The number of carbonyl (C=O) groups is 1. The molecule has 0 atom stereocenters. The van der Waals surface area contributed by atoms with Crippen LogP contribution in [-0.2, 0) is 4.79 Å². The summed E-state index contributed by atoms with van der Waals surface area (Å²) in [5, 5.41) is 0. The van der Waals surface area contributed by atoms with Gasteiger partial charge in [-0.1, -0.05) is 19.3 Å². The summed E-state index contributed by atoms with van der Waals surface area (Å²) >= 11 is 0. The molecule has 5 nitrogen and oxygen atoms in total. The van der Waals surface area contributed by atoms with Crippen molar-refractivity contribution in [3.05, 3.63) is 18.1 Å². The zero-order chi connectivity index (χ0) is 16.1. The van der Waals surface area contributed by atoms with Crippen LogP contribution in [-0.4, -0.2) is 40.0 Å². The highest BCUT2D eigenvalue weighted by atomic mass is 16.5. The monoisotopic (exact) mass is 317 g/mol. The normalized spacial score (nSPS) is 20.5. The van der Waals surface area contributed by atoms with Gasteiger partial charge in [0.15, 0.2) is 0 Å². The summed E-state index contributed by atoms with van der Waals surface area (Å²) in [7, 11) is 0. The largest absolute Gasteiger partial charge is 0.474 e. The maximum absolute atomic E-state index is 12.4. The van der Waals surface area contributed by atoms with Gasteiger partial charge in [-0.25, -0.2) is 4.98 Å². The Balaban J connectivity index is 1.43.